The van der Waals surface area contributed by atoms with Gasteiger partial charge in [-0.25, -0.2) is 23.7 Å². The SMILES string of the molecule is Cn1cc(Cl)c(-c2nc3ccccc3n2-c2ccc(Oc3ccc(F)cc3)cc2)n1.Fc1ccc(Oc2ccc(-n3c(-c4cnc[nH]4)nc4ccccc43)cc2)cc1. The van der Waals surface area contributed by atoms with Crippen LogP contribution >= 0.6 is 11.6 Å². The monoisotopic (exact) mass is 788 g/mol. The van der Waals surface area contributed by atoms with E-state index in [9.17, 15) is 8.78 Å². The first kappa shape index (κ1) is 36.1. The number of aromatic nitrogens is 8. The first-order valence-electron chi connectivity index (χ1n) is 18.1. The van der Waals surface area contributed by atoms with Gasteiger partial charge in [0.2, 0.25) is 0 Å². The Balaban J connectivity index is 0.000000151. The average molecular weight is 789 g/mol. The van der Waals surface area contributed by atoms with Gasteiger partial charge in [-0.05, 0) is 121 Å². The summed E-state index contributed by atoms with van der Waals surface area (Å²) in [6, 6.07) is 43.0. The van der Waals surface area contributed by atoms with Crippen LogP contribution in [0, 0.1) is 11.6 Å². The number of ether oxygens (including phenoxy) is 2. The van der Waals surface area contributed by atoms with Gasteiger partial charge in [-0.1, -0.05) is 35.9 Å². The number of nitrogens with one attached hydrogen (secondary N) is 1. The Morgan fingerprint density at radius 2 is 1.02 bits per heavy atom. The van der Waals surface area contributed by atoms with Crippen LogP contribution in [0.1, 0.15) is 0 Å². The fraction of sp³-hybridized carbons (Fsp3) is 0.0222. The highest BCUT2D eigenvalue weighted by Gasteiger charge is 2.20. The van der Waals surface area contributed by atoms with Crippen molar-refractivity contribution in [1.29, 1.82) is 0 Å². The quantitative estimate of drug-likeness (QED) is 0.165. The number of rotatable bonds is 8. The molecular weight excluding hydrogens is 758 g/mol. The number of hydrogen-bond donors (Lipinski definition) is 1. The molecule has 0 aliphatic heterocycles. The molecule has 0 spiro atoms. The van der Waals surface area contributed by atoms with Crippen LogP contribution < -0.4 is 9.47 Å². The number of aromatic amines is 1. The van der Waals surface area contributed by atoms with E-state index >= 15 is 0 Å². The molecule has 0 aliphatic carbocycles. The predicted molar refractivity (Wildman–Crippen MR) is 220 cm³/mol. The third-order valence-electron chi connectivity index (χ3n) is 9.15. The van der Waals surface area contributed by atoms with Gasteiger partial charge in [0.1, 0.15) is 46.0 Å². The van der Waals surface area contributed by atoms with Crippen molar-refractivity contribution in [1.82, 2.24) is 38.9 Å². The maximum absolute atomic E-state index is 13.1. The summed E-state index contributed by atoms with van der Waals surface area (Å²) in [5.41, 5.74) is 6.99. The van der Waals surface area contributed by atoms with Crippen molar-refractivity contribution in [3.63, 3.8) is 0 Å². The van der Waals surface area contributed by atoms with E-state index in [0.29, 0.717) is 39.5 Å². The number of nitrogens with zero attached hydrogens (tertiary/aromatic N) is 7. The van der Waals surface area contributed by atoms with E-state index < -0.39 is 0 Å². The maximum atomic E-state index is 13.1. The molecular formula is C45H31ClF2N8O2. The van der Waals surface area contributed by atoms with Crippen molar-refractivity contribution < 1.29 is 18.3 Å². The zero-order chi connectivity index (χ0) is 39.6. The fourth-order valence-electron chi connectivity index (χ4n) is 6.51. The summed E-state index contributed by atoms with van der Waals surface area (Å²) in [7, 11) is 1.82. The van der Waals surface area contributed by atoms with Crippen molar-refractivity contribution in [3.05, 3.63) is 181 Å². The van der Waals surface area contributed by atoms with Crippen molar-refractivity contribution in [2.24, 2.45) is 7.05 Å². The van der Waals surface area contributed by atoms with Gasteiger partial charge in [0, 0.05) is 24.6 Å². The lowest BCUT2D eigenvalue weighted by molar-refractivity contribution is 0.480. The minimum Gasteiger partial charge on any atom is -0.457 e. The second kappa shape index (κ2) is 15.5. The lowest BCUT2D eigenvalue weighted by Crippen LogP contribution is -1.99. The Kier molecular flexibility index (Phi) is 9.66. The van der Waals surface area contributed by atoms with Gasteiger partial charge in [0.25, 0.3) is 0 Å². The van der Waals surface area contributed by atoms with Crippen LogP contribution in [0.2, 0.25) is 5.02 Å². The van der Waals surface area contributed by atoms with E-state index in [1.54, 1.807) is 47.7 Å². The Labute approximate surface area is 335 Å². The number of hydrogen-bond acceptors (Lipinski definition) is 6. The largest absolute Gasteiger partial charge is 0.457 e. The molecule has 0 aliphatic rings. The van der Waals surface area contributed by atoms with Crippen LogP contribution in [-0.4, -0.2) is 38.9 Å². The molecule has 0 radical (unpaired) electrons. The molecule has 10 rings (SSSR count). The number of halogens is 3. The Bertz CT molecular complexity index is 2980. The van der Waals surface area contributed by atoms with Crippen LogP contribution in [0.15, 0.2) is 164 Å². The van der Waals surface area contributed by atoms with E-state index in [1.165, 1.54) is 24.3 Å². The molecule has 0 saturated heterocycles. The van der Waals surface area contributed by atoms with Crippen molar-refractivity contribution >= 4 is 33.7 Å². The molecule has 0 bridgehead atoms. The van der Waals surface area contributed by atoms with Crippen LogP contribution in [0.4, 0.5) is 8.78 Å². The van der Waals surface area contributed by atoms with Gasteiger partial charge in [-0.3, -0.25) is 13.8 Å². The molecule has 13 heteroatoms. The number of H-pyrrole nitrogens is 1. The fourth-order valence-corrected chi connectivity index (χ4v) is 6.77. The molecule has 0 atom stereocenters. The molecule has 4 aromatic heterocycles. The molecule has 0 saturated carbocycles. The highest BCUT2D eigenvalue weighted by atomic mass is 35.5. The summed E-state index contributed by atoms with van der Waals surface area (Å²) in [4.78, 5) is 16.8. The number of benzene rings is 6. The van der Waals surface area contributed by atoms with Gasteiger partial charge in [0.15, 0.2) is 11.6 Å². The smallest absolute Gasteiger partial charge is 0.167 e. The van der Waals surface area contributed by atoms with E-state index in [-0.39, 0.29) is 11.6 Å². The first-order valence-corrected chi connectivity index (χ1v) is 18.4. The standard InChI is InChI=1S/C23H16ClFN4O.C22H15FN4O/c1-28-14-19(24)22(27-28)23-26-20-4-2-3-5-21(20)29(23)16-8-12-18(13-9-16)30-17-10-6-15(25)7-11-17;23-15-5-9-17(10-6-15)28-18-11-7-16(8-12-18)27-21-4-2-1-3-19(21)26-22(27)20-13-24-14-25-20/h2-14H,1H3;1-14H,(H,24,25). The molecule has 1 N–H and O–H groups in total. The van der Waals surface area contributed by atoms with Crippen LogP contribution in [0.3, 0.4) is 0 Å². The number of aryl methyl sites for hydroxylation is 1. The average Bonchev–Trinajstić information content (AvgIpc) is 4.06. The number of para-hydroxylation sites is 4. The van der Waals surface area contributed by atoms with Gasteiger partial charge in [-0.15, -0.1) is 0 Å². The van der Waals surface area contributed by atoms with E-state index in [2.05, 4.69) is 19.6 Å². The minimum atomic E-state index is -0.301. The second-order valence-electron chi connectivity index (χ2n) is 13.1. The van der Waals surface area contributed by atoms with E-state index in [1.807, 2.05) is 109 Å². The summed E-state index contributed by atoms with van der Waals surface area (Å²) in [5, 5.41) is 5.02. The predicted octanol–water partition coefficient (Wildman–Crippen LogP) is 11.4. The Morgan fingerprint density at radius 1 is 0.569 bits per heavy atom. The Hall–Kier alpha value is -7.57. The number of imidazole rings is 3. The molecule has 0 fully saturated rings. The summed E-state index contributed by atoms with van der Waals surface area (Å²) < 4.78 is 43.5. The molecule has 0 amide bonds. The van der Waals surface area contributed by atoms with Crippen LogP contribution in [0.5, 0.6) is 23.0 Å². The summed E-state index contributed by atoms with van der Waals surface area (Å²) in [5.74, 6) is 3.32. The van der Waals surface area contributed by atoms with Crippen molar-refractivity contribution in [2.45, 2.75) is 0 Å². The van der Waals surface area contributed by atoms with E-state index in [0.717, 1.165) is 45.0 Å². The third-order valence-corrected chi connectivity index (χ3v) is 9.42. The summed E-state index contributed by atoms with van der Waals surface area (Å²) >= 11 is 6.41. The zero-order valence-electron chi connectivity index (χ0n) is 30.7. The molecule has 10 nitrogen and oxygen atoms in total. The summed E-state index contributed by atoms with van der Waals surface area (Å²) in [6.45, 7) is 0. The highest BCUT2D eigenvalue weighted by Crippen LogP contribution is 2.33. The number of fused-ring (bicyclic) bond motifs is 2. The maximum Gasteiger partial charge on any atom is 0.167 e. The van der Waals surface area contributed by atoms with Crippen molar-refractivity contribution in [3.8, 4) is 57.4 Å². The topological polar surface area (TPSA) is 101 Å². The zero-order valence-corrected chi connectivity index (χ0v) is 31.4. The molecule has 0 unspecified atom stereocenters. The first-order chi connectivity index (χ1) is 28.4. The van der Waals surface area contributed by atoms with Gasteiger partial charge >= 0.3 is 0 Å². The highest BCUT2D eigenvalue weighted by molar-refractivity contribution is 6.32. The molecule has 284 valence electrons. The minimum absolute atomic E-state index is 0.291. The lowest BCUT2D eigenvalue weighted by atomic mass is 10.2. The second-order valence-corrected chi connectivity index (χ2v) is 13.5. The lowest BCUT2D eigenvalue weighted by Gasteiger charge is -2.10. The van der Waals surface area contributed by atoms with E-state index in [4.69, 9.17) is 31.0 Å². The van der Waals surface area contributed by atoms with Crippen LogP contribution in [0.25, 0.3) is 56.5 Å². The summed E-state index contributed by atoms with van der Waals surface area (Å²) in [6.07, 6.45) is 5.14. The van der Waals surface area contributed by atoms with Gasteiger partial charge in [0.05, 0.1) is 39.6 Å². The molecule has 6 aromatic carbocycles. The normalized spacial score (nSPS) is 11.1. The van der Waals surface area contributed by atoms with Gasteiger partial charge < -0.3 is 14.5 Å². The molecule has 10 aromatic rings. The van der Waals surface area contributed by atoms with Gasteiger partial charge in [-0.2, -0.15) is 5.10 Å². The molecule has 4 heterocycles. The van der Waals surface area contributed by atoms with Crippen LogP contribution in [-0.2, 0) is 7.05 Å². The van der Waals surface area contributed by atoms with Crippen molar-refractivity contribution in [2.75, 3.05) is 0 Å². The Morgan fingerprint density at radius 3 is 1.47 bits per heavy atom. The molecule has 58 heavy (non-hydrogen) atoms. The third kappa shape index (κ3) is 7.39.